The number of benzene rings is 2. The van der Waals surface area contributed by atoms with Crippen molar-refractivity contribution in [3.63, 3.8) is 0 Å². The normalized spacial score (nSPS) is 11.4. The number of nitrogens with zero attached hydrogens (tertiary/aromatic N) is 2. The average Bonchev–Trinajstić information content (AvgIpc) is 2.67. The lowest BCUT2D eigenvalue weighted by molar-refractivity contribution is -0.116. The lowest BCUT2D eigenvalue weighted by Gasteiger charge is -2.20. The number of hydrogen-bond donors (Lipinski definition) is 1. The van der Waals surface area contributed by atoms with E-state index in [1.165, 1.54) is 10.9 Å². The van der Waals surface area contributed by atoms with Crippen LogP contribution < -0.4 is 10.9 Å². The first-order valence-corrected chi connectivity index (χ1v) is 10.6. The molecule has 152 valence electrons. The fourth-order valence-electron chi connectivity index (χ4n) is 3.41. The third-order valence-electron chi connectivity index (χ3n) is 5.00. The Morgan fingerprint density at radius 2 is 1.76 bits per heavy atom. The van der Waals surface area contributed by atoms with Gasteiger partial charge in [0.05, 0.1) is 17.2 Å². The topological polar surface area (TPSA) is 64.0 Å². The number of amides is 1. The zero-order chi connectivity index (χ0) is 21.1. The number of para-hydroxylation sites is 1. The molecule has 1 heterocycles. The fraction of sp³-hybridized carbons (Fsp3) is 0.348. The quantitative estimate of drug-likeness (QED) is 0.538. The molecule has 2 aromatic carbocycles. The summed E-state index contributed by atoms with van der Waals surface area (Å²) < 4.78 is 2.32. The number of anilines is 1. The van der Waals surface area contributed by atoms with E-state index in [0.717, 1.165) is 21.3 Å². The van der Waals surface area contributed by atoms with E-state index in [4.69, 9.17) is 0 Å². The highest BCUT2D eigenvalue weighted by Crippen LogP contribution is 2.32. The van der Waals surface area contributed by atoms with E-state index in [1.54, 1.807) is 12.1 Å². The molecule has 0 spiro atoms. The number of carbonyl (C=O) groups is 1. The number of fused-ring (bicyclic) bond motifs is 1. The number of aryl methyl sites for hydroxylation is 1. The van der Waals surface area contributed by atoms with Crippen LogP contribution in [0.4, 0.5) is 5.69 Å². The summed E-state index contributed by atoms with van der Waals surface area (Å²) in [6.45, 7) is 8.75. The first kappa shape index (κ1) is 21.2. The van der Waals surface area contributed by atoms with Gasteiger partial charge in [-0.05, 0) is 41.2 Å². The molecule has 0 atom stereocenters. The summed E-state index contributed by atoms with van der Waals surface area (Å²) in [4.78, 5) is 29.7. The van der Waals surface area contributed by atoms with Crippen molar-refractivity contribution >= 4 is 38.4 Å². The second-order valence-corrected chi connectivity index (χ2v) is 8.74. The van der Waals surface area contributed by atoms with Crippen molar-refractivity contribution in [2.24, 2.45) is 0 Å². The van der Waals surface area contributed by atoms with Crippen LogP contribution in [-0.2, 0) is 11.3 Å². The summed E-state index contributed by atoms with van der Waals surface area (Å²) in [6, 6.07) is 11.6. The number of halogens is 1. The standard InChI is InChI=1S/C23H26BrN3O2/c1-14(2)17-6-5-7-18(15(3)4)22(17)26-21(28)10-11-27-13-25-20-9-8-16(24)12-19(20)23(27)29/h5-9,12-15H,10-11H2,1-4H3,(H,26,28). The van der Waals surface area contributed by atoms with Crippen molar-refractivity contribution in [3.05, 3.63) is 68.7 Å². The van der Waals surface area contributed by atoms with Crippen molar-refractivity contribution in [2.45, 2.75) is 52.5 Å². The predicted octanol–water partition coefficient (Wildman–Crippen LogP) is 5.43. The highest BCUT2D eigenvalue weighted by molar-refractivity contribution is 9.10. The van der Waals surface area contributed by atoms with E-state index in [1.807, 2.05) is 12.1 Å². The van der Waals surface area contributed by atoms with Crippen molar-refractivity contribution in [3.8, 4) is 0 Å². The van der Waals surface area contributed by atoms with Gasteiger partial charge < -0.3 is 5.32 Å². The maximum absolute atomic E-state index is 12.7. The monoisotopic (exact) mass is 455 g/mol. The Hall–Kier alpha value is -2.47. The van der Waals surface area contributed by atoms with E-state index >= 15 is 0 Å². The Kier molecular flexibility index (Phi) is 6.52. The first-order chi connectivity index (χ1) is 13.8. The summed E-state index contributed by atoms with van der Waals surface area (Å²) in [7, 11) is 0. The molecule has 0 aliphatic carbocycles. The predicted molar refractivity (Wildman–Crippen MR) is 122 cm³/mol. The molecule has 3 rings (SSSR count). The van der Waals surface area contributed by atoms with E-state index in [-0.39, 0.29) is 24.4 Å². The minimum absolute atomic E-state index is 0.110. The van der Waals surface area contributed by atoms with E-state index < -0.39 is 0 Å². The zero-order valence-corrected chi connectivity index (χ0v) is 18.8. The fourth-order valence-corrected chi connectivity index (χ4v) is 3.77. The van der Waals surface area contributed by atoms with Crippen LogP contribution >= 0.6 is 15.9 Å². The van der Waals surface area contributed by atoms with Gasteiger partial charge in [0.1, 0.15) is 0 Å². The Bertz CT molecular complexity index is 1080. The second-order valence-electron chi connectivity index (χ2n) is 7.82. The van der Waals surface area contributed by atoms with Crippen LogP contribution in [0.3, 0.4) is 0 Å². The first-order valence-electron chi connectivity index (χ1n) is 9.85. The van der Waals surface area contributed by atoms with Crippen LogP contribution in [0, 0.1) is 0 Å². The zero-order valence-electron chi connectivity index (χ0n) is 17.2. The SMILES string of the molecule is CC(C)c1cccc(C(C)C)c1NC(=O)CCn1cnc2ccc(Br)cc2c1=O. The van der Waals surface area contributed by atoms with Crippen LogP contribution in [0.15, 0.2) is 52.0 Å². The molecule has 0 aliphatic rings. The molecule has 1 N–H and O–H groups in total. The van der Waals surface area contributed by atoms with Gasteiger partial charge in [-0.2, -0.15) is 0 Å². The molecular weight excluding hydrogens is 430 g/mol. The molecular formula is C23H26BrN3O2. The van der Waals surface area contributed by atoms with Gasteiger partial charge in [0.2, 0.25) is 5.91 Å². The summed E-state index contributed by atoms with van der Waals surface area (Å²) in [5, 5.41) is 3.63. The summed E-state index contributed by atoms with van der Waals surface area (Å²) in [6.07, 6.45) is 1.71. The van der Waals surface area contributed by atoms with Gasteiger partial charge in [-0.25, -0.2) is 4.98 Å². The van der Waals surface area contributed by atoms with Gasteiger partial charge in [-0.15, -0.1) is 0 Å². The van der Waals surface area contributed by atoms with E-state index in [9.17, 15) is 9.59 Å². The minimum Gasteiger partial charge on any atom is -0.326 e. The summed E-state index contributed by atoms with van der Waals surface area (Å²) >= 11 is 3.39. The number of hydrogen-bond acceptors (Lipinski definition) is 3. The number of nitrogens with one attached hydrogen (secondary N) is 1. The van der Waals surface area contributed by atoms with Crippen molar-refractivity contribution in [1.82, 2.24) is 9.55 Å². The van der Waals surface area contributed by atoms with Crippen LogP contribution in [0.25, 0.3) is 10.9 Å². The molecule has 5 nitrogen and oxygen atoms in total. The largest absolute Gasteiger partial charge is 0.326 e. The molecule has 1 aromatic heterocycles. The maximum Gasteiger partial charge on any atom is 0.261 e. The van der Waals surface area contributed by atoms with E-state index in [2.05, 4.69) is 66.1 Å². The van der Waals surface area contributed by atoms with Crippen LogP contribution in [-0.4, -0.2) is 15.5 Å². The number of carbonyl (C=O) groups excluding carboxylic acids is 1. The lowest BCUT2D eigenvalue weighted by atomic mass is 9.92. The third kappa shape index (κ3) is 4.75. The van der Waals surface area contributed by atoms with Gasteiger partial charge in [0.25, 0.3) is 5.56 Å². The smallest absolute Gasteiger partial charge is 0.261 e. The Morgan fingerprint density at radius 3 is 2.38 bits per heavy atom. The highest BCUT2D eigenvalue weighted by atomic mass is 79.9. The molecule has 0 saturated heterocycles. The van der Waals surface area contributed by atoms with Crippen LogP contribution in [0.5, 0.6) is 0 Å². The van der Waals surface area contributed by atoms with Gasteiger partial charge >= 0.3 is 0 Å². The number of aromatic nitrogens is 2. The minimum atomic E-state index is -0.144. The van der Waals surface area contributed by atoms with Crippen molar-refractivity contribution < 1.29 is 4.79 Å². The molecule has 3 aromatic rings. The van der Waals surface area contributed by atoms with Crippen molar-refractivity contribution in [2.75, 3.05) is 5.32 Å². The molecule has 1 amide bonds. The maximum atomic E-state index is 12.7. The van der Waals surface area contributed by atoms with Gasteiger partial charge in [0, 0.05) is 23.1 Å². The molecule has 0 fully saturated rings. The van der Waals surface area contributed by atoms with Gasteiger partial charge in [0.15, 0.2) is 0 Å². The molecule has 0 aliphatic heterocycles. The van der Waals surface area contributed by atoms with Gasteiger partial charge in [-0.1, -0.05) is 61.8 Å². The lowest BCUT2D eigenvalue weighted by Crippen LogP contribution is -2.24. The number of rotatable bonds is 6. The van der Waals surface area contributed by atoms with Crippen molar-refractivity contribution in [1.29, 1.82) is 0 Å². The summed E-state index contributed by atoms with van der Waals surface area (Å²) in [5.74, 6) is 0.491. The molecule has 0 radical (unpaired) electrons. The Labute approximate surface area is 179 Å². The molecule has 6 heteroatoms. The Balaban J connectivity index is 1.80. The molecule has 29 heavy (non-hydrogen) atoms. The van der Waals surface area contributed by atoms with Gasteiger partial charge in [-0.3, -0.25) is 14.2 Å². The Morgan fingerprint density at radius 1 is 1.10 bits per heavy atom. The van der Waals surface area contributed by atoms with Crippen LogP contribution in [0.1, 0.15) is 57.1 Å². The molecule has 0 bridgehead atoms. The average molecular weight is 456 g/mol. The van der Waals surface area contributed by atoms with E-state index in [0.29, 0.717) is 22.7 Å². The molecule has 0 unspecified atom stereocenters. The van der Waals surface area contributed by atoms with Crippen LogP contribution in [0.2, 0.25) is 0 Å². The third-order valence-corrected chi connectivity index (χ3v) is 5.50. The summed E-state index contributed by atoms with van der Waals surface area (Å²) in [5.41, 5.74) is 3.65. The molecule has 0 saturated carbocycles. The highest BCUT2D eigenvalue weighted by Gasteiger charge is 2.16. The second kappa shape index (κ2) is 8.91.